The van der Waals surface area contributed by atoms with E-state index in [2.05, 4.69) is 5.32 Å². The van der Waals surface area contributed by atoms with Gasteiger partial charge in [0.05, 0.1) is 22.3 Å². The van der Waals surface area contributed by atoms with Crippen molar-refractivity contribution in [3.05, 3.63) is 64.4 Å². The van der Waals surface area contributed by atoms with Crippen LogP contribution in [0.2, 0.25) is 0 Å². The second-order valence-corrected chi connectivity index (χ2v) is 7.01. The number of carbonyl (C=O) groups excluding carboxylic acids is 2. The molecule has 0 fully saturated rings. The van der Waals surface area contributed by atoms with Crippen molar-refractivity contribution in [2.24, 2.45) is 0 Å². The summed E-state index contributed by atoms with van der Waals surface area (Å²) in [6, 6.07) is 14.1. The maximum atomic E-state index is 12.3. The molecule has 0 aliphatic carbocycles. The molecule has 3 rings (SSSR count). The van der Waals surface area contributed by atoms with Crippen molar-refractivity contribution in [1.82, 2.24) is 3.96 Å². The summed E-state index contributed by atoms with van der Waals surface area (Å²) in [6.45, 7) is 2.58. The van der Waals surface area contributed by atoms with Gasteiger partial charge in [-0.2, -0.15) is 0 Å². The molecule has 1 heterocycles. The van der Waals surface area contributed by atoms with Crippen LogP contribution in [0.15, 0.2) is 53.3 Å². The zero-order chi connectivity index (χ0) is 19.2. The maximum absolute atomic E-state index is 12.3. The highest BCUT2D eigenvalue weighted by atomic mass is 32.1. The number of benzene rings is 2. The molecule has 0 radical (unpaired) electrons. The van der Waals surface area contributed by atoms with Crippen LogP contribution in [0, 0.1) is 0 Å². The predicted molar refractivity (Wildman–Crippen MR) is 106 cm³/mol. The average Bonchev–Trinajstić information content (AvgIpc) is 2.99. The largest absolute Gasteiger partial charge is 0.462 e. The van der Waals surface area contributed by atoms with E-state index in [1.54, 1.807) is 35.1 Å². The summed E-state index contributed by atoms with van der Waals surface area (Å²) in [5.41, 5.74) is 1.05. The minimum absolute atomic E-state index is 0.00874. The Labute approximate surface area is 160 Å². The Morgan fingerprint density at radius 3 is 2.56 bits per heavy atom. The van der Waals surface area contributed by atoms with Crippen molar-refractivity contribution in [2.45, 2.75) is 26.3 Å². The lowest BCUT2D eigenvalue weighted by atomic mass is 10.2. The summed E-state index contributed by atoms with van der Waals surface area (Å²) in [6.07, 6.45) is 0.875. The number of hydrogen-bond acceptors (Lipinski definition) is 5. The highest BCUT2D eigenvalue weighted by Gasteiger charge is 2.09. The Balaban J connectivity index is 1.51. The number of aryl methyl sites for hydroxylation is 1. The molecule has 6 nitrogen and oxygen atoms in total. The van der Waals surface area contributed by atoms with Gasteiger partial charge in [-0.05, 0) is 49.7 Å². The molecule has 0 aliphatic rings. The second-order valence-electron chi connectivity index (χ2n) is 5.94. The summed E-state index contributed by atoms with van der Waals surface area (Å²) < 4.78 is 7.56. The van der Waals surface area contributed by atoms with Crippen LogP contribution in [-0.4, -0.2) is 22.4 Å². The van der Waals surface area contributed by atoms with Gasteiger partial charge in [0, 0.05) is 18.7 Å². The first-order valence-corrected chi connectivity index (χ1v) is 9.51. The fourth-order valence-electron chi connectivity index (χ4n) is 2.68. The summed E-state index contributed by atoms with van der Waals surface area (Å²) in [7, 11) is 0. The van der Waals surface area contributed by atoms with E-state index in [0.29, 0.717) is 42.6 Å². The first kappa shape index (κ1) is 18.8. The molecule has 2 aromatic carbocycles. The van der Waals surface area contributed by atoms with E-state index >= 15 is 0 Å². The van der Waals surface area contributed by atoms with Crippen LogP contribution < -0.4 is 10.9 Å². The lowest BCUT2D eigenvalue weighted by Gasteiger charge is -2.06. The first-order valence-electron chi connectivity index (χ1n) is 8.74. The normalized spacial score (nSPS) is 10.7. The Hall–Kier alpha value is -2.93. The van der Waals surface area contributed by atoms with Crippen molar-refractivity contribution >= 4 is 39.2 Å². The van der Waals surface area contributed by atoms with Gasteiger partial charge in [0.1, 0.15) is 0 Å². The molecule has 1 aromatic heterocycles. The molecule has 27 heavy (non-hydrogen) atoms. The van der Waals surface area contributed by atoms with Gasteiger partial charge in [-0.1, -0.05) is 23.7 Å². The third-order valence-electron chi connectivity index (χ3n) is 4.00. The second kappa shape index (κ2) is 8.64. The van der Waals surface area contributed by atoms with Crippen LogP contribution in [0.4, 0.5) is 5.69 Å². The van der Waals surface area contributed by atoms with Crippen molar-refractivity contribution < 1.29 is 14.3 Å². The van der Waals surface area contributed by atoms with E-state index < -0.39 is 0 Å². The topological polar surface area (TPSA) is 77.4 Å². The van der Waals surface area contributed by atoms with Crippen molar-refractivity contribution in [2.75, 3.05) is 11.9 Å². The molecule has 0 saturated carbocycles. The number of nitrogens with one attached hydrogen (secondary N) is 1. The number of nitrogens with zero attached hydrogens (tertiary/aromatic N) is 1. The minimum Gasteiger partial charge on any atom is -0.462 e. The molecule has 0 atom stereocenters. The van der Waals surface area contributed by atoms with Crippen molar-refractivity contribution in [3.63, 3.8) is 0 Å². The van der Waals surface area contributed by atoms with Crippen LogP contribution in [0.25, 0.3) is 10.1 Å². The van der Waals surface area contributed by atoms with E-state index in [1.165, 1.54) is 11.5 Å². The summed E-state index contributed by atoms with van der Waals surface area (Å²) in [4.78, 5) is 36.0. The molecule has 1 amide bonds. The van der Waals surface area contributed by atoms with Gasteiger partial charge in [0.15, 0.2) is 0 Å². The fourth-order valence-corrected chi connectivity index (χ4v) is 3.71. The summed E-state index contributed by atoms with van der Waals surface area (Å²) in [5.74, 6) is -0.516. The van der Waals surface area contributed by atoms with E-state index in [9.17, 15) is 14.4 Å². The zero-order valence-corrected chi connectivity index (χ0v) is 15.8. The predicted octanol–water partition coefficient (Wildman–Crippen LogP) is 3.66. The SMILES string of the molecule is CCOC(=O)c1ccc(NC(=O)CCCn2sc3ccccc3c2=O)cc1. The molecular weight excluding hydrogens is 364 g/mol. The van der Waals surface area contributed by atoms with Gasteiger partial charge in [-0.15, -0.1) is 0 Å². The van der Waals surface area contributed by atoms with Crippen LogP contribution in [0.5, 0.6) is 0 Å². The van der Waals surface area contributed by atoms with E-state index in [1.807, 2.05) is 24.3 Å². The van der Waals surface area contributed by atoms with E-state index in [-0.39, 0.29) is 17.4 Å². The number of anilines is 1. The molecule has 0 aliphatic heterocycles. The number of hydrogen-bond donors (Lipinski definition) is 1. The van der Waals surface area contributed by atoms with Gasteiger partial charge in [0.25, 0.3) is 5.56 Å². The van der Waals surface area contributed by atoms with Crippen molar-refractivity contribution in [1.29, 1.82) is 0 Å². The van der Waals surface area contributed by atoms with Crippen LogP contribution in [-0.2, 0) is 16.1 Å². The molecular formula is C20H20N2O4S. The lowest BCUT2D eigenvalue weighted by Crippen LogP contribution is -2.16. The molecule has 0 unspecified atom stereocenters. The Kier molecular flexibility index (Phi) is 6.03. The highest BCUT2D eigenvalue weighted by molar-refractivity contribution is 7.13. The monoisotopic (exact) mass is 384 g/mol. The number of esters is 1. The quantitative estimate of drug-likeness (QED) is 0.631. The number of fused-ring (bicyclic) bond motifs is 1. The minimum atomic E-state index is -0.385. The van der Waals surface area contributed by atoms with Crippen LogP contribution in [0.1, 0.15) is 30.1 Å². The molecule has 7 heteroatoms. The fraction of sp³-hybridized carbons (Fsp3) is 0.250. The number of amides is 1. The lowest BCUT2D eigenvalue weighted by molar-refractivity contribution is -0.116. The molecule has 0 spiro atoms. The zero-order valence-electron chi connectivity index (χ0n) is 14.9. The third kappa shape index (κ3) is 4.62. The number of carbonyl (C=O) groups is 2. The first-order chi connectivity index (χ1) is 13.1. The van der Waals surface area contributed by atoms with Crippen LogP contribution in [0.3, 0.4) is 0 Å². The molecule has 1 N–H and O–H groups in total. The Morgan fingerprint density at radius 2 is 1.85 bits per heavy atom. The number of aromatic nitrogens is 1. The van der Waals surface area contributed by atoms with Gasteiger partial charge in [-0.3, -0.25) is 13.5 Å². The maximum Gasteiger partial charge on any atom is 0.338 e. The molecule has 140 valence electrons. The van der Waals surface area contributed by atoms with E-state index in [4.69, 9.17) is 4.74 Å². The average molecular weight is 384 g/mol. The van der Waals surface area contributed by atoms with Gasteiger partial charge < -0.3 is 10.1 Å². The summed E-state index contributed by atoms with van der Waals surface area (Å²) in [5, 5.41) is 3.51. The highest BCUT2D eigenvalue weighted by Crippen LogP contribution is 2.16. The standard InChI is InChI=1S/C20H20N2O4S/c1-2-26-20(25)14-9-11-15(12-10-14)21-18(23)8-5-13-22-19(24)16-6-3-4-7-17(16)27-22/h3-4,6-7,9-12H,2,5,8,13H2,1H3,(H,21,23). The molecule has 0 bridgehead atoms. The van der Waals surface area contributed by atoms with Crippen molar-refractivity contribution in [3.8, 4) is 0 Å². The van der Waals surface area contributed by atoms with Gasteiger partial charge in [0.2, 0.25) is 5.91 Å². The number of ether oxygens (including phenoxy) is 1. The molecule has 0 saturated heterocycles. The number of rotatable bonds is 7. The van der Waals surface area contributed by atoms with Gasteiger partial charge in [-0.25, -0.2) is 4.79 Å². The van der Waals surface area contributed by atoms with Gasteiger partial charge >= 0.3 is 5.97 Å². The van der Waals surface area contributed by atoms with Crippen LogP contribution >= 0.6 is 11.5 Å². The Morgan fingerprint density at radius 1 is 1.11 bits per heavy atom. The van der Waals surface area contributed by atoms with E-state index in [0.717, 1.165) is 4.70 Å². The summed E-state index contributed by atoms with van der Waals surface area (Å²) >= 11 is 1.42. The Bertz CT molecular complexity index is 1000. The third-order valence-corrected chi connectivity index (χ3v) is 5.12. The smallest absolute Gasteiger partial charge is 0.338 e. The molecule has 3 aromatic rings.